The van der Waals surface area contributed by atoms with Gasteiger partial charge in [-0.3, -0.25) is 14.5 Å². The number of amides is 2. The van der Waals surface area contributed by atoms with Crippen molar-refractivity contribution in [3.8, 4) is 5.75 Å². The number of rotatable bonds is 6. The van der Waals surface area contributed by atoms with Crippen LogP contribution in [0.25, 0.3) is 0 Å². The van der Waals surface area contributed by atoms with Gasteiger partial charge in [-0.15, -0.1) is 0 Å². The number of carbonyl (C=O) groups is 2. The summed E-state index contributed by atoms with van der Waals surface area (Å²) in [6, 6.07) is 17.9. The van der Waals surface area contributed by atoms with Crippen LogP contribution in [0.15, 0.2) is 54.6 Å². The first-order chi connectivity index (χ1) is 14.0. The fourth-order valence-electron chi connectivity index (χ4n) is 4.88. The largest absolute Gasteiger partial charge is 0.497 e. The van der Waals surface area contributed by atoms with Crippen LogP contribution in [0.2, 0.25) is 0 Å². The molecular formula is C23H27N3O3. The van der Waals surface area contributed by atoms with Crippen molar-refractivity contribution in [1.29, 1.82) is 0 Å². The van der Waals surface area contributed by atoms with E-state index in [1.54, 1.807) is 7.11 Å². The van der Waals surface area contributed by atoms with Crippen molar-refractivity contribution >= 4 is 11.8 Å². The first-order valence-electron chi connectivity index (χ1n) is 10.0. The molecule has 2 heterocycles. The van der Waals surface area contributed by atoms with Gasteiger partial charge >= 0.3 is 0 Å². The number of ether oxygens (including phenoxy) is 1. The zero-order valence-electron chi connectivity index (χ0n) is 16.7. The summed E-state index contributed by atoms with van der Waals surface area (Å²) in [7, 11) is 1.63. The Kier molecular flexibility index (Phi) is 5.53. The smallest absolute Gasteiger partial charge is 0.231 e. The van der Waals surface area contributed by atoms with E-state index in [-0.39, 0.29) is 24.4 Å². The van der Waals surface area contributed by atoms with Crippen LogP contribution in [0, 0.1) is 11.8 Å². The van der Waals surface area contributed by atoms with E-state index in [1.165, 1.54) is 0 Å². The Morgan fingerprint density at radius 1 is 1.07 bits per heavy atom. The highest BCUT2D eigenvalue weighted by Crippen LogP contribution is 2.45. The molecule has 6 nitrogen and oxygen atoms in total. The summed E-state index contributed by atoms with van der Waals surface area (Å²) in [6.45, 7) is 2.59. The number of primary amides is 1. The molecule has 2 saturated heterocycles. The lowest BCUT2D eigenvalue weighted by Crippen LogP contribution is -2.38. The molecule has 4 rings (SSSR count). The zero-order valence-corrected chi connectivity index (χ0v) is 16.7. The van der Waals surface area contributed by atoms with Gasteiger partial charge in [-0.25, -0.2) is 0 Å². The Bertz CT molecular complexity index is 886. The molecule has 0 unspecified atom stereocenters. The Hall–Kier alpha value is -2.86. The fraction of sp³-hybridized carbons (Fsp3) is 0.391. The van der Waals surface area contributed by atoms with Gasteiger partial charge in [0.25, 0.3) is 0 Å². The number of methoxy groups -OCH3 is 1. The molecule has 2 amide bonds. The Morgan fingerprint density at radius 3 is 2.59 bits per heavy atom. The molecule has 2 N–H and O–H groups in total. The van der Waals surface area contributed by atoms with Gasteiger partial charge in [0, 0.05) is 25.6 Å². The molecule has 29 heavy (non-hydrogen) atoms. The number of benzene rings is 2. The Labute approximate surface area is 171 Å². The lowest BCUT2D eigenvalue weighted by molar-refractivity contribution is -0.132. The van der Waals surface area contributed by atoms with Crippen molar-refractivity contribution in [3.05, 3.63) is 65.7 Å². The third-order valence-electron chi connectivity index (χ3n) is 6.07. The SMILES string of the molecule is COc1cccc(CC(=O)N2C[C@@H]3CN(CC(N)=O)C[C@@H]3[C@H]2c2ccccc2)c1. The Morgan fingerprint density at radius 2 is 1.86 bits per heavy atom. The maximum absolute atomic E-state index is 13.3. The number of hydrogen-bond donors (Lipinski definition) is 1. The van der Waals surface area contributed by atoms with Crippen LogP contribution in [0.1, 0.15) is 17.2 Å². The van der Waals surface area contributed by atoms with Crippen LogP contribution >= 0.6 is 0 Å². The normalized spacial score (nSPS) is 23.8. The number of carbonyl (C=O) groups excluding carboxylic acids is 2. The van der Waals surface area contributed by atoms with Crippen LogP contribution in [-0.4, -0.2) is 54.9 Å². The van der Waals surface area contributed by atoms with Crippen molar-refractivity contribution in [2.75, 3.05) is 33.3 Å². The quantitative estimate of drug-likeness (QED) is 0.813. The van der Waals surface area contributed by atoms with E-state index in [4.69, 9.17) is 10.5 Å². The van der Waals surface area contributed by atoms with Gasteiger partial charge in [0.1, 0.15) is 5.75 Å². The molecule has 6 heteroatoms. The van der Waals surface area contributed by atoms with Crippen molar-refractivity contribution in [3.63, 3.8) is 0 Å². The summed E-state index contributed by atoms with van der Waals surface area (Å²) in [5, 5.41) is 0. The average molecular weight is 393 g/mol. The second kappa shape index (κ2) is 8.25. The number of nitrogens with two attached hydrogens (primary N) is 1. The van der Waals surface area contributed by atoms with Crippen molar-refractivity contribution in [2.45, 2.75) is 12.5 Å². The van der Waals surface area contributed by atoms with Crippen molar-refractivity contribution in [2.24, 2.45) is 17.6 Å². The van der Waals surface area contributed by atoms with Gasteiger partial charge in [-0.2, -0.15) is 0 Å². The monoisotopic (exact) mass is 393 g/mol. The minimum atomic E-state index is -0.299. The minimum absolute atomic E-state index is 0.0252. The highest BCUT2D eigenvalue weighted by Gasteiger charge is 2.48. The topological polar surface area (TPSA) is 75.9 Å². The van der Waals surface area contributed by atoms with Crippen LogP contribution in [0.4, 0.5) is 0 Å². The number of fused-ring (bicyclic) bond motifs is 1. The third-order valence-corrected chi connectivity index (χ3v) is 6.07. The van der Waals surface area contributed by atoms with Gasteiger partial charge in [-0.05, 0) is 29.2 Å². The molecule has 0 aliphatic carbocycles. The van der Waals surface area contributed by atoms with Gasteiger partial charge < -0.3 is 15.4 Å². The first-order valence-corrected chi connectivity index (χ1v) is 10.0. The minimum Gasteiger partial charge on any atom is -0.497 e. The molecular weight excluding hydrogens is 366 g/mol. The van der Waals surface area contributed by atoms with Crippen LogP contribution in [0.3, 0.4) is 0 Å². The van der Waals surface area contributed by atoms with Gasteiger partial charge in [0.05, 0.1) is 26.1 Å². The molecule has 3 atom stereocenters. The maximum Gasteiger partial charge on any atom is 0.231 e. The standard InChI is InChI=1S/C23H27N3O3/c1-29-19-9-5-6-16(10-19)11-22(28)26-13-18-12-25(15-21(24)27)14-20(18)23(26)17-7-3-2-4-8-17/h2-10,18,20,23H,11-15H2,1H3,(H2,24,27)/t18-,20-,23+/m0/s1. The van der Waals surface area contributed by atoms with Crippen molar-refractivity contribution in [1.82, 2.24) is 9.80 Å². The van der Waals surface area contributed by atoms with E-state index in [2.05, 4.69) is 17.0 Å². The van der Waals surface area contributed by atoms with E-state index < -0.39 is 0 Å². The molecule has 2 aromatic carbocycles. The lowest BCUT2D eigenvalue weighted by Gasteiger charge is -2.30. The predicted octanol–water partition coefficient (Wildman–Crippen LogP) is 1.85. The first kappa shape index (κ1) is 19.5. The summed E-state index contributed by atoms with van der Waals surface area (Å²) in [5.74, 6) is 1.25. The van der Waals surface area contributed by atoms with Crippen LogP contribution in [0.5, 0.6) is 5.75 Å². The summed E-state index contributed by atoms with van der Waals surface area (Å²) in [4.78, 5) is 28.8. The molecule has 2 aliphatic rings. The van der Waals surface area contributed by atoms with E-state index in [1.807, 2.05) is 47.4 Å². The summed E-state index contributed by atoms with van der Waals surface area (Å²) in [6.07, 6.45) is 0.352. The summed E-state index contributed by atoms with van der Waals surface area (Å²) in [5.41, 5.74) is 7.50. The van der Waals surface area contributed by atoms with Gasteiger partial charge in [0.15, 0.2) is 0 Å². The molecule has 0 aromatic heterocycles. The van der Waals surface area contributed by atoms with E-state index in [0.29, 0.717) is 24.8 Å². The van der Waals surface area contributed by atoms with Gasteiger partial charge in [0.2, 0.25) is 11.8 Å². The molecule has 2 aromatic rings. The molecule has 0 radical (unpaired) electrons. The maximum atomic E-state index is 13.3. The molecule has 0 spiro atoms. The van der Waals surface area contributed by atoms with Crippen LogP contribution < -0.4 is 10.5 Å². The van der Waals surface area contributed by atoms with E-state index in [0.717, 1.165) is 30.0 Å². The van der Waals surface area contributed by atoms with Crippen molar-refractivity contribution < 1.29 is 14.3 Å². The summed E-state index contributed by atoms with van der Waals surface area (Å²) >= 11 is 0. The number of hydrogen-bond acceptors (Lipinski definition) is 4. The third kappa shape index (κ3) is 4.12. The average Bonchev–Trinajstić information content (AvgIpc) is 3.25. The zero-order chi connectivity index (χ0) is 20.4. The predicted molar refractivity (Wildman–Crippen MR) is 110 cm³/mol. The van der Waals surface area contributed by atoms with E-state index >= 15 is 0 Å². The lowest BCUT2D eigenvalue weighted by atomic mass is 9.89. The number of likely N-dealkylation sites (tertiary alicyclic amines) is 2. The Balaban J connectivity index is 1.56. The van der Waals surface area contributed by atoms with Gasteiger partial charge in [-0.1, -0.05) is 42.5 Å². The highest BCUT2D eigenvalue weighted by molar-refractivity contribution is 5.80. The second-order valence-electron chi connectivity index (χ2n) is 8.01. The molecule has 0 saturated carbocycles. The summed E-state index contributed by atoms with van der Waals surface area (Å²) < 4.78 is 5.29. The molecule has 2 fully saturated rings. The van der Waals surface area contributed by atoms with Crippen LogP contribution in [-0.2, 0) is 16.0 Å². The molecule has 2 aliphatic heterocycles. The second-order valence-corrected chi connectivity index (χ2v) is 8.01. The highest BCUT2D eigenvalue weighted by atomic mass is 16.5. The fourth-order valence-corrected chi connectivity index (χ4v) is 4.88. The molecule has 152 valence electrons. The molecule has 0 bridgehead atoms. The van der Waals surface area contributed by atoms with E-state index in [9.17, 15) is 9.59 Å². The number of nitrogens with zero attached hydrogens (tertiary/aromatic N) is 2.